The molecule has 20 heavy (non-hydrogen) atoms. The van der Waals surface area contributed by atoms with Crippen LogP contribution in [0, 0.1) is 11.6 Å². The van der Waals surface area contributed by atoms with Crippen LogP contribution in [0.5, 0.6) is 0 Å². The highest BCUT2D eigenvalue weighted by Gasteiger charge is 2.10. The summed E-state index contributed by atoms with van der Waals surface area (Å²) in [6.07, 6.45) is 0.246. The fraction of sp³-hybridized carbons (Fsp3) is 0.188. The quantitative estimate of drug-likeness (QED) is 0.776. The fourth-order valence-corrected chi connectivity index (χ4v) is 1.93. The van der Waals surface area contributed by atoms with E-state index in [-0.39, 0.29) is 23.8 Å². The molecule has 0 radical (unpaired) electrons. The summed E-state index contributed by atoms with van der Waals surface area (Å²) >= 11 is 0. The van der Waals surface area contributed by atoms with Gasteiger partial charge in [-0.05, 0) is 36.4 Å². The van der Waals surface area contributed by atoms with Gasteiger partial charge in [0.25, 0.3) is 0 Å². The molecule has 0 atom stereocenters. The summed E-state index contributed by atoms with van der Waals surface area (Å²) in [4.78, 5) is 13.6. The first-order valence-corrected chi connectivity index (χ1v) is 6.32. The van der Waals surface area contributed by atoms with E-state index in [0.717, 1.165) is 0 Å². The summed E-state index contributed by atoms with van der Waals surface area (Å²) < 4.78 is 26.3. The van der Waals surface area contributed by atoms with Gasteiger partial charge < -0.3 is 4.90 Å². The molecule has 4 heteroatoms. The number of benzene rings is 2. The third-order valence-electron chi connectivity index (χ3n) is 3.10. The first kappa shape index (κ1) is 14.2. The van der Waals surface area contributed by atoms with Crippen molar-refractivity contribution in [2.45, 2.75) is 6.42 Å². The maximum atomic E-state index is 13.6. The number of carbonyl (C=O) groups excluding carboxylic acids is 1. The van der Waals surface area contributed by atoms with Crippen molar-refractivity contribution in [2.24, 2.45) is 0 Å². The van der Waals surface area contributed by atoms with E-state index in [0.29, 0.717) is 17.8 Å². The number of Topliss-reactive ketones (excluding diaryl/α,β-unsaturated/α-hetero) is 1. The van der Waals surface area contributed by atoms with E-state index in [1.807, 2.05) is 0 Å². The molecule has 104 valence electrons. The molecular weight excluding hydrogens is 260 g/mol. The molecule has 0 amide bonds. The number of para-hydroxylation sites is 1. The number of hydrogen-bond donors (Lipinski definition) is 0. The van der Waals surface area contributed by atoms with Gasteiger partial charge in [-0.25, -0.2) is 8.78 Å². The van der Waals surface area contributed by atoms with Gasteiger partial charge in [0.05, 0.1) is 5.69 Å². The van der Waals surface area contributed by atoms with Crippen LogP contribution in [0.25, 0.3) is 0 Å². The van der Waals surface area contributed by atoms with Crippen LogP contribution in [0.15, 0.2) is 48.5 Å². The van der Waals surface area contributed by atoms with Gasteiger partial charge in [0.1, 0.15) is 11.6 Å². The standard InChI is InChI=1S/C16H15F2NO/c1-19(15-5-3-2-4-14(15)18)11-10-16(20)12-6-8-13(17)9-7-12/h2-9H,10-11H2,1H3. The normalized spacial score (nSPS) is 10.3. The Hall–Kier alpha value is -2.23. The number of anilines is 1. The van der Waals surface area contributed by atoms with Gasteiger partial charge in [-0.15, -0.1) is 0 Å². The predicted molar refractivity (Wildman–Crippen MR) is 75.0 cm³/mol. The van der Waals surface area contributed by atoms with E-state index < -0.39 is 0 Å². The van der Waals surface area contributed by atoms with Crippen LogP contribution >= 0.6 is 0 Å². The van der Waals surface area contributed by atoms with Gasteiger partial charge in [-0.3, -0.25) is 4.79 Å². The Kier molecular flexibility index (Phi) is 4.45. The van der Waals surface area contributed by atoms with Crippen molar-refractivity contribution in [1.82, 2.24) is 0 Å². The molecule has 0 bridgehead atoms. The molecule has 0 heterocycles. The van der Waals surface area contributed by atoms with Gasteiger partial charge in [0.15, 0.2) is 5.78 Å². The lowest BCUT2D eigenvalue weighted by Gasteiger charge is -2.19. The molecule has 0 aliphatic heterocycles. The molecule has 0 saturated heterocycles. The molecule has 0 saturated carbocycles. The first-order valence-electron chi connectivity index (χ1n) is 6.32. The van der Waals surface area contributed by atoms with Crippen LogP contribution in [0.3, 0.4) is 0 Å². The molecule has 2 aromatic carbocycles. The summed E-state index contributed by atoms with van der Waals surface area (Å²) in [5.74, 6) is -0.776. The van der Waals surface area contributed by atoms with Crippen molar-refractivity contribution in [3.63, 3.8) is 0 Å². The Morgan fingerprint density at radius 1 is 1.05 bits per heavy atom. The molecule has 2 rings (SSSR count). The largest absolute Gasteiger partial charge is 0.372 e. The summed E-state index contributed by atoms with van der Waals surface area (Å²) in [6, 6.07) is 11.8. The van der Waals surface area contributed by atoms with E-state index in [4.69, 9.17) is 0 Å². The highest BCUT2D eigenvalue weighted by Crippen LogP contribution is 2.17. The lowest BCUT2D eigenvalue weighted by atomic mass is 10.1. The van der Waals surface area contributed by atoms with Crippen molar-refractivity contribution in [3.8, 4) is 0 Å². The monoisotopic (exact) mass is 275 g/mol. The second-order valence-electron chi connectivity index (χ2n) is 4.55. The van der Waals surface area contributed by atoms with Crippen LogP contribution in [0.1, 0.15) is 16.8 Å². The maximum absolute atomic E-state index is 13.6. The van der Waals surface area contributed by atoms with Gasteiger partial charge in [-0.1, -0.05) is 12.1 Å². The molecule has 0 aliphatic carbocycles. The average Bonchev–Trinajstić information content (AvgIpc) is 2.45. The zero-order valence-corrected chi connectivity index (χ0v) is 11.1. The van der Waals surface area contributed by atoms with Crippen LogP contribution < -0.4 is 4.90 Å². The minimum absolute atomic E-state index is 0.0896. The molecule has 0 fully saturated rings. The Balaban J connectivity index is 1.97. The molecular formula is C16H15F2NO. The van der Waals surface area contributed by atoms with Crippen molar-refractivity contribution in [1.29, 1.82) is 0 Å². The van der Waals surface area contributed by atoms with Gasteiger partial charge in [-0.2, -0.15) is 0 Å². The van der Waals surface area contributed by atoms with Crippen molar-refractivity contribution < 1.29 is 13.6 Å². The van der Waals surface area contributed by atoms with Crippen LogP contribution in [0.2, 0.25) is 0 Å². The number of carbonyl (C=O) groups is 1. The lowest BCUT2D eigenvalue weighted by molar-refractivity contribution is 0.0985. The van der Waals surface area contributed by atoms with E-state index in [2.05, 4.69) is 0 Å². The third-order valence-corrected chi connectivity index (χ3v) is 3.10. The van der Waals surface area contributed by atoms with E-state index in [1.165, 1.54) is 30.3 Å². The number of rotatable bonds is 5. The molecule has 0 N–H and O–H groups in total. The molecule has 0 unspecified atom stereocenters. The summed E-state index contributed by atoms with van der Waals surface area (Å²) in [7, 11) is 1.73. The number of nitrogens with zero attached hydrogens (tertiary/aromatic N) is 1. The highest BCUT2D eigenvalue weighted by molar-refractivity contribution is 5.96. The highest BCUT2D eigenvalue weighted by atomic mass is 19.1. The summed E-state index contributed by atoms with van der Waals surface area (Å²) in [5, 5.41) is 0. The first-order chi connectivity index (χ1) is 9.58. The van der Waals surface area contributed by atoms with Crippen LogP contribution in [-0.4, -0.2) is 19.4 Å². The number of ketones is 1. The van der Waals surface area contributed by atoms with Crippen LogP contribution in [-0.2, 0) is 0 Å². The maximum Gasteiger partial charge on any atom is 0.164 e. The topological polar surface area (TPSA) is 20.3 Å². The molecule has 2 aromatic rings. The SMILES string of the molecule is CN(CCC(=O)c1ccc(F)cc1)c1ccccc1F. The van der Waals surface area contributed by atoms with Crippen molar-refractivity contribution >= 4 is 11.5 Å². The molecule has 0 aromatic heterocycles. The Morgan fingerprint density at radius 2 is 1.70 bits per heavy atom. The van der Waals surface area contributed by atoms with Crippen molar-refractivity contribution in [3.05, 3.63) is 65.7 Å². The summed E-state index contributed by atoms with van der Waals surface area (Å²) in [5.41, 5.74) is 0.924. The molecule has 0 aliphatic rings. The zero-order valence-electron chi connectivity index (χ0n) is 11.1. The Bertz CT molecular complexity index is 596. The predicted octanol–water partition coefficient (Wildman–Crippen LogP) is 3.67. The van der Waals surface area contributed by atoms with Gasteiger partial charge in [0, 0.05) is 25.6 Å². The average molecular weight is 275 g/mol. The molecule has 0 spiro atoms. The fourth-order valence-electron chi connectivity index (χ4n) is 1.93. The number of halogens is 2. The van der Waals surface area contributed by atoms with Gasteiger partial charge in [0.2, 0.25) is 0 Å². The smallest absolute Gasteiger partial charge is 0.164 e. The Labute approximate surface area is 116 Å². The van der Waals surface area contributed by atoms with Gasteiger partial charge >= 0.3 is 0 Å². The third kappa shape index (κ3) is 3.41. The second-order valence-corrected chi connectivity index (χ2v) is 4.55. The minimum atomic E-state index is -0.370. The van der Waals surface area contributed by atoms with E-state index in [1.54, 1.807) is 30.1 Å². The lowest BCUT2D eigenvalue weighted by Crippen LogP contribution is -2.22. The zero-order chi connectivity index (χ0) is 14.5. The molecule has 2 nitrogen and oxygen atoms in total. The number of hydrogen-bond acceptors (Lipinski definition) is 2. The summed E-state index contributed by atoms with van der Waals surface area (Å²) in [6.45, 7) is 0.400. The van der Waals surface area contributed by atoms with E-state index in [9.17, 15) is 13.6 Å². The van der Waals surface area contributed by atoms with Crippen molar-refractivity contribution in [2.75, 3.05) is 18.5 Å². The minimum Gasteiger partial charge on any atom is -0.372 e. The van der Waals surface area contributed by atoms with E-state index >= 15 is 0 Å². The Morgan fingerprint density at radius 3 is 2.35 bits per heavy atom. The van der Waals surface area contributed by atoms with Crippen LogP contribution in [0.4, 0.5) is 14.5 Å². The second kappa shape index (κ2) is 6.28.